The Morgan fingerprint density at radius 2 is 2.25 bits per heavy atom. The van der Waals surface area contributed by atoms with Gasteiger partial charge < -0.3 is 16.0 Å². The molecule has 20 heavy (non-hydrogen) atoms. The van der Waals surface area contributed by atoms with E-state index < -0.39 is 0 Å². The lowest BCUT2D eigenvalue weighted by molar-refractivity contribution is -0.122. The number of nitrogens with zero attached hydrogens (tertiary/aromatic N) is 3. The van der Waals surface area contributed by atoms with E-state index in [0.717, 1.165) is 4.68 Å². The smallest absolute Gasteiger partial charge is 0.269 e. The van der Waals surface area contributed by atoms with Crippen LogP contribution in [0.1, 0.15) is 13.8 Å². The molecule has 1 amide bonds. The first-order valence-electron chi connectivity index (χ1n) is 6.69. The maximum absolute atomic E-state index is 11.9. The summed E-state index contributed by atoms with van der Waals surface area (Å²) < 4.78 is 1.15. The van der Waals surface area contributed by atoms with Crippen LogP contribution in [0.4, 0.5) is 5.69 Å². The molecule has 1 aromatic rings. The van der Waals surface area contributed by atoms with Crippen LogP contribution in [0.2, 0.25) is 0 Å². The van der Waals surface area contributed by atoms with Crippen molar-refractivity contribution in [3.63, 3.8) is 0 Å². The highest BCUT2D eigenvalue weighted by atomic mass is 16.2. The Kier molecular flexibility index (Phi) is 6.17. The first-order chi connectivity index (χ1) is 9.43. The highest BCUT2D eigenvalue weighted by molar-refractivity contribution is 5.75. The number of carbonyl (C=O) groups excluding carboxylic acids is 1. The van der Waals surface area contributed by atoms with E-state index in [4.69, 9.17) is 5.73 Å². The van der Waals surface area contributed by atoms with Crippen molar-refractivity contribution in [2.45, 2.75) is 20.4 Å². The van der Waals surface area contributed by atoms with Gasteiger partial charge in [0, 0.05) is 32.7 Å². The maximum atomic E-state index is 11.9. The Balaban J connectivity index is 2.69. The van der Waals surface area contributed by atoms with Crippen LogP contribution in [-0.4, -0.2) is 42.4 Å². The third kappa shape index (κ3) is 5.00. The van der Waals surface area contributed by atoms with Gasteiger partial charge in [-0.05, 0) is 5.92 Å². The first kappa shape index (κ1) is 16.2. The van der Waals surface area contributed by atoms with E-state index >= 15 is 0 Å². The van der Waals surface area contributed by atoms with Crippen LogP contribution < -0.4 is 21.5 Å². The van der Waals surface area contributed by atoms with Crippen LogP contribution in [0.3, 0.4) is 0 Å². The molecule has 0 bridgehead atoms. The van der Waals surface area contributed by atoms with Crippen LogP contribution in [0, 0.1) is 5.92 Å². The molecule has 0 aliphatic rings. The summed E-state index contributed by atoms with van der Waals surface area (Å²) in [6.07, 6.45) is 1.56. The molecule has 0 aliphatic heterocycles. The van der Waals surface area contributed by atoms with Gasteiger partial charge in [-0.2, -0.15) is 5.10 Å². The van der Waals surface area contributed by atoms with E-state index in [-0.39, 0.29) is 18.0 Å². The molecule has 0 saturated heterocycles. The number of aromatic nitrogens is 2. The molecule has 0 fully saturated rings. The summed E-state index contributed by atoms with van der Waals surface area (Å²) in [5, 5.41) is 6.76. The number of hydrogen-bond donors (Lipinski definition) is 2. The van der Waals surface area contributed by atoms with Gasteiger partial charge in [0.05, 0.1) is 11.9 Å². The minimum atomic E-state index is -0.300. The zero-order valence-corrected chi connectivity index (χ0v) is 12.3. The molecule has 0 spiro atoms. The van der Waals surface area contributed by atoms with Gasteiger partial charge in [-0.3, -0.25) is 9.59 Å². The van der Waals surface area contributed by atoms with E-state index in [0.29, 0.717) is 31.2 Å². The van der Waals surface area contributed by atoms with Gasteiger partial charge in [0.2, 0.25) is 5.91 Å². The first-order valence-corrected chi connectivity index (χ1v) is 6.69. The number of carbonyl (C=O) groups is 1. The number of anilines is 1. The summed E-state index contributed by atoms with van der Waals surface area (Å²) >= 11 is 0. The molecule has 7 nitrogen and oxygen atoms in total. The average Bonchev–Trinajstić information content (AvgIpc) is 2.39. The number of likely N-dealkylation sites (N-methyl/N-ethyl adjacent to an activating group) is 1. The standard InChI is InChI=1S/C13H23N5O2/c1-10(2)7-15-12(19)9-18-13(20)6-11(8-16-18)17(3)5-4-14/h6,8,10H,4-5,7,9,14H2,1-3H3,(H,15,19). The Hall–Kier alpha value is -1.89. The summed E-state index contributed by atoms with van der Waals surface area (Å²) in [6.45, 7) is 5.67. The Bertz CT molecular complexity index is 498. The molecule has 112 valence electrons. The molecule has 7 heteroatoms. The Morgan fingerprint density at radius 1 is 1.55 bits per heavy atom. The Labute approximate surface area is 118 Å². The Morgan fingerprint density at radius 3 is 2.80 bits per heavy atom. The number of nitrogens with two attached hydrogens (primary N) is 1. The molecule has 3 N–H and O–H groups in total. The fourth-order valence-corrected chi connectivity index (χ4v) is 1.58. The monoisotopic (exact) mass is 281 g/mol. The molecular formula is C13H23N5O2. The minimum absolute atomic E-state index is 0.0631. The second kappa shape index (κ2) is 7.64. The number of rotatable bonds is 7. The van der Waals surface area contributed by atoms with Crippen molar-refractivity contribution in [2.24, 2.45) is 11.7 Å². The zero-order chi connectivity index (χ0) is 15.1. The predicted octanol–water partition coefficient (Wildman–Crippen LogP) is -0.590. The van der Waals surface area contributed by atoms with Gasteiger partial charge in [0.15, 0.2) is 0 Å². The van der Waals surface area contributed by atoms with Gasteiger partial charge in [0.1, 0.15) is 6.54 Å². The summed E-state index contributed by atoms with van der Waals surface area (Å²) in [6, 6.07) is 1.46. The van der Waals surface area contributed by atoms with Crippen molar-refractivity contribution in [3.05, 3.63) is 22.6 Å². The van der Waals surface area contributed by atoms with Crippen LogP contribution in [0.5, 0.6) is 0 Å². The molecular weight excluding hydrogens is 258 g/mol. The highest BCUT2D eigenvalue weighted by Crippen LogP contribution is 2.05. The fourth-order valence-electron chi connectivity index (χ4n) is 1.58. The average molecular weight is 281 g/mol. The SMILES string of the molecule is CC(C)CNC(=O)Cn1ncc(N(C)CCN)cc1=O. The summed E-state index contributed by atoms with van der Waals surface area (Å²) in [5.74, 6) is 0.160. The molecule has 0 atom stereocenters. The van der Waals surface area contributed by atoms with E-state index in [2.05, 4.69) is 10.4 Å². The molecule has 1 rings (SSSR count). The van der Waals surface area contributed by atoms with Crippen LogP contribution in [0.15, 0.2) is 17.1 Å². The second-order valence-electron chi connectivity index (χ2n) is 5.12. The lowest BCUT2D eigenvalue weighted by Crippen LogP contribution is -2.35. The largest absolute Gasteiger partial charge is 0.372 e. The minimum Gasteiger partial charge on any atom is -0.372 e. The second-order valence-corrected chi connectivity index (χ2v) is 5.12. The van der Waals surface area contributed by atoms with Crippen LogP contribution in [0.25, 0.3) is 0 Å². The molecule has 0 radical (unpaired) electrons. The van der Waals surface area contributed by atoms with Gasteiger partial charge in [-0.25, -0.2) is 4.68 Å². The lowest BCUT2D eigenvalue weighted by atomic mass is 10.2. The normalized spacial score (nSPS) is 10.7. The van der Waals surface area contributed by atoms with Crippen LogP contribution in [-0.2, 0) is 11.3 Å². The maximum Gasteiger partial charge on any atom is 0.269 e. The quantitative estimate of drug-likeness (QED) is 0.697. The molecule has 0 saturated carbocycles. The van der Waals surface area contributed by atoms with Crippen molar-refractivity contribution < 1.29 is 4.79 Å². The summed E-state index contributed by atoms with van der Waals surface area (Å²) in [5.41, 5.74) is 5.85. The number of hydrogen-bond acceptors (Lipinski definition) is 5. The van der Waals surface area contributed by atoms with Crippen molar-refractivity contribution in [1.29, 1.82) is 0 Å². The van der Waals surface area contributed by atoms with E-state index in [1.165, 1.54) is 6.07 Å². The van der Waals surface area contributed by atoms with Crippen molar-refractivity contribution >= 4 is 11.6 Å². The molecule has 0 aromatic carbocycles. The van der Waals surface area contributed by atoms with Gasteiger partial charge in [-0.15, -0.1) is 0 Å². The molecule has 0 unspecified atom stereocenters. The van der Waals surface area contributed by atoms with Crippen molar-refractivity contribution in [1.82, 2.24) is 15.1 Å². The topological polar surface area (TPSA) is 93.2 Å². The summed E-state index contributed by atoms with van der Waals surface area (Å²) in [7, 11) is 1.84. The number of amides is 1. The third-order valence-corrected chi connectivity index (χ3v) is 2.76. The summed E-state index contributed by atoms with van der Waals surface area (Å²) in [4.78, 5) is 25.4. The van der Waals surface area contributed by atoms with E-state index in [1.54, 1.807) is 6.20 Å². The lowest BCUT2D eigenvalue weighted by Gasteiger charge is -2.17. The van der Waals surface area contributed by atoms with Crippen LogP contribution >= 0.6 is 0 Å². The molecule has 0 aliphatic carbocycles. The van der Waals surface area contributed by atoms with Crippen molar-refractivity contribution in [2.75, 3.05) is 31.6 Å². The fraction of sp³-hybridized carbons (Fsp3) is 0.615. The molecule has 1 aromatic heterocycles. The predicted molar refractivity (Wildman–Crippen MR) is 78.7 cm³/mol. The number of nitrogens with one attached hydrogen (secondary N) is 1. The van der Waals surface area contributed by atoms with Gasteiger partial charge in [0.25, 0.3) is 5.56 Å². The van der Waals surface area contributed by atoms with Gasteiger partial charge in [-0.1, -0.05) is 13.8 Å². The van der Waals surface area contributed by atoms with E-state index in [1.807, 2.05) is 25.8 Å². The zero-order valence-electron chi connectivity index (χ0n) is 12.3. The highest BCUT2D eigenvalue weighted by Gasteiger charge is 2.08. The molecule has 1 heterocycles. The third-order valence-electron chi connectivity index (χ3n) is 2.76. The van der Waals surface area contributed by atoms with Gasteiger partial charge >= 0.3 is 0 Å². The van der Waals surface area contributed by atoms with Crippen molar-refractivity contribution in [3.8, 4) is 0 Å². The van der Waals surface area contributed by atoms with E-state index in [9.17, 15) is 9.59 Å².